The van der Waals surface area contributed by atoms with Crippen LogP contribution in [-0.2, 0) is 4.79 Å². The normalized spacial score (nSPS) is 11.9. The number of nitrogens with one attached hydrogen (secondary N) is 1. The van der Waals surface area contributed by atoms with Gasteiger partial charge in [-0.1, -0.05) is 31.5 Å². The number of rotatable bonds is 4. The molecule has 0 saturated heterocycles. The van der Waals surface area contributed by atoms with Crippen molar-refractivity contribution in [3.8, 4) is 6.07 Å². The van der Waals surface area contributed by atoms with Gasteiger partial charge in [-0.25, -0.2) is 4.79 Å². The molecule has 0 radical (unpaired) electrons. The Morgan fingerprint density at radius 1 is 1.53 bits per heavy atom. The van der Waals surface area contributed by atoms with Crippen molar-refractivity contribution in [2.45, 2.75) is 19.9 Å². The van der Waals surface area contributed by atoms with Crippen LogP contribution in [0.2, 0.25) is 5.02 Å². The summed E-state index contributed by atoms with van der Waals surface area (Å²) < 4.78 is 0. The molecule has 1 atom stereocenters. The molecule has 0 aliphatic heterocycles. The van der Waals surface area contributed by atoms with Gasteiger partial charge in [-0.3, -0.25) is 0 Å². The summed E-state index contributed by atoms with van der Waals surface area (Å²) in [7, 11) is 0. The first-order valence-electron chi connectivity index (χ1n) is 5.15. The number of benzene rings is 1. The minimum atomic E-state index is -0.955. The number of carboxylic acids is 1. The minimum absolute atomic E-state index is 0.0991. The average molecular weight is 253 g/mol. The Morgan fingerprint density at radius 3 is 2.65 bits per heavy atom. The van der Waals surface area contributed by atoms with Crippen molar-refractivity contribution < 1.29 is 9.90 Å². The summed E-state index contributed by atoms with van der Waals surface area (Å²) in [5.41, 5.74) is 0.710. The fourth-order valence-corrected chi connectivity index (χ4v) is 1.66. The number of nitriles is 1. The monoisotopic (exact) mass is 252 g/mol. The van der Waals surface area contributed by atoms with Crippen molar-refractivity contribution in [2.75, 3.05) is 5.32 Å². The summed E-state index contributed by atoms with van der Waals surface area (Å²) in [6.45, 7) is 3.59. The molecule has 0 saturated carbocycles. The molecule has 17 heavy (non-hydrogen) atoms. The van der Waals surface area contributed by atoms with Crippen molar-refractivity contribution >= 4 is 23.3 Å². The van der Waals surface area contributed by atoms with Crippen LogP contribution in [0.25, 0.3) is 0 Å². The smallest absolute Gasteiger partial charge is 0.326 e. The van der Waals surface area contributed by atoms with Crippen LogP contribution >= 0.6 is 11.6 Å². The largest absolute Gasteiger partial charge is 0.480 e. The van der Waals surface area contributed by atoms with Gasteiger partial charge >= 0.3 is 5.97 Å². The molecular formula is C12H13ClN2O2. The van der Waals surface area contributed by atoms with E-state index in [0.29, 0.717) is 10.7 Å². The van der Waals surface area contributed by atoms with E-state index in [0.717, 1.165) is 0 Å². The zero-order chi connectivity index (χ0) is 13.0. The molecule has 0 heterocycles. The highest BCUT2D eigenvalue weighted by atomic mass is 35.5. The van der Waals surface area contributed by atoms with Gasteiger partial charge in [-0.15, -0.1) is 0 Å². The second kappa shape index (κ2) is 5.55. The summed E-state index contributed by atoms with van der Waals surface area (Å²) >= 11 is 5.86. The predicted molar refractivity (Wildman–Crippen MR) is 66.1 cm³/mol. The number of hydrogen-bond donors (Lipinski definition) is 2. The molecule has 1 aromatic rings. The van der Waals surface area contributed by atoms with Gasteiger partial charge in [0.2, 0.25) is 0 Å². The van der Waals surface area contributed by atoms with E-state index >= 15 is 0 Å². The number of anilines is 1. The highest BCUT2D eigenvalue weighted by molar-refractivity contribution is 6.32. The quantitative estimate of drug-likeness (QED) is 0.864. The van der Waals surface area contributed by atoms with Crippen LogP contribution < -0.4 is 5.32 Å². The first kappa shape index (κ1) is 13.3. The number of carbonyl (C=O) groups is 1. The van der Waals surface area contributed by atoms with Crippen LogP contribution in [0.4, 0.5) is 5.69 Å². The van der Waals surface area contributed by atoms with Gasteiger partial charge in [-0.2, -0.15) is 5.26 Å². The Labute approximate surface area is 105 Å². The molecule has 1 unspecified atom stereocenters. The van der Waals surface area contributed by atoms with Gasteiger partial charge in [-0.05, 0) is 18.1 Å². The summed E-state index contributed by atoms with van der Waals surface area (Å²) in [6.07, 6.45) is 0. The zero-order valence-corrected chi connectivity index (χ0v) is 10.3. The lowest BCUT2D eigenvalue weighted by Crippen LogP contribution is -2.34. The lowest BCUT2D eigenvalue weighted by Gasteiger charge is -2.20. The van der Waals surface area contributed by atoms with Crippen molar-refractivity contribution in [2.24, 2.45) is 5.92 Å². The fraction of sp³-hybridized carbons (Fsp3) is 0.333. The van der Waals surface area contributed by atoms with E-state index in [4.69, 9.17) is 22.0 Å². The maximum Gasteiger partial charge on any atom is 0.326 e. The molecule has 0 fully saturated rings. The molecule has 4 nitrogen and oxygen atoms in total. The van der Waals surface area contributed by atoms with Crippen LogP contribution in [0.15, 0.2) is 18.2 Å². The summed E-state index contributed by atoms with van der Waals surface area (Å²) in [6, 6.07) is 6.12. The molecule has 0 aliphatic carbocycles. The first-order chi connectivity index (χ1) is 7.97. The van der Waals surface area contributed by atoms with Crippen LogP contribution in [0.3, 0.4) is 0 Å². The number of aliphatic carboxylic acids is 1. The SMILES string of the molecule is CC(C)C(Nc1cccc(Cl)c1C#N)C(=O)O. The molecule has 0 spiro atoms. The number of nitrogens with zero attached hydrogens (tertiary/aromatic N) is 1. The molecular weight excluding hydrogens is 240 g/mol. The highest BCUT2D eigenvalue weighted by Crippen LogP contribution is 2.24. The molecule has 2 N–H and O–H groups in total. The second-order valence-corrected chi connectivity index (χ2v) is 4.39. The standard InChI is InChI=1S/C12H13ClN2O2/c1-7(2)11(12(16)17)15-10-5-3-4-9(13)8(10)6-14/h3-5,7,11,15H,1-2H3,(H,16,17). The van der Waals surface area contributed by atoms with Crippen molar-refractivity contribution in [3.63, 3.8) is 0 Å². The summed E-state index contributed by atoms with van der Waals surface area (Å²) in [5, 5.41) is 21.2. The average Bonchev–Trinajstić information content (AvgIpc) is 2.25. The molecule has 90 valence electrons. The fourth-order valence-electron chi connectivity index (χ4n) is 1.44. The van der Waals surface area contributed by atoms with Crippen LogP contribution in [-0.4, -0.2) is 17.1 Å². The Bertz CT molecular complexity index is 466. The lowest BCUT2D eigenvalue weighted by molar-refractivity contribution is -0.138. The molecule has 0 aliphatic rings. The Hall–Kier alpha value is -1.73. The molecule has 1 rings (SSSR count). The maximum absolute atomic E-state index is 11.1. The van der Waals surface area contributed by atoms with E-state index < -0.39 is 12.0 Å². The van der Waals surface area contributed by atoms with E-state index in [1.807, 2.05) is 6.07 Å². The molecule has 0 amide bonds. The Kier molecular flexibility index (Phi) is 4.36. The number of carboxylic acid groups (broad SMARTS) is 1. The number of halogens is 1. The van der Waals surface area contributed by atoms with Crippen LogP contribution in [0.1, 0.15) is 19.4 Å². The van der Waals surface area contributed by atoms with Gasteiger partial charge in [0.15, 0.2) is 0 Å². The first-order valence-corrected chi connectivity index (χ1v) is 5.53. The number of hydrogen-bond acceptors (Lipinski definition) is 3. The Balaban J connectivity index is 3.06. The second-order valence-electron chi connectivity index (χ2n) is 3.98. The van der Waals surface area contributed by atoms with E-state index in [1.165, 1.54) is 0 Å². The third kappa shape index (κ3) is 3.11. The third-order valence-corrected chi connectivity index (χ3v) is 2.68. The topological polar surface area (TPSA) is 73.1 Å². The molecule has 0 aromatic heterocycles. The van der Waals surface area contributed by atoms with Gasteiger partial charge in [0.1, 0.15) is 12.1 Å². The highest BCUT2D eigenvalue weighted by Gasteiger charge is 2.22. The van der Waals surface area contributed by atoms with E-state index in [2.05, 4.69) is 5.32 Å². The zero-order valence-electron chi connectivity index (χ0n) is 9.57. The van der Waals surface area contributed by atoms with Gasteiger partial charge in [0.25, 0.3) is 0 Å². The van der Waals surface area contributed by atoms with Gasteiger partial charge < -0.3 is 10.4 Å². The van der Waals surface area contributed by atoms with Crippen LogP contribution in [0, 0.1) is 17.2 Å². The van der Waals surface area contributed by atoms with Gasteiger partial charge in [0.05, 0.1) is 16.3 Å². The van der Waals surface area contributed by atoms with E-state index in [-0.39, 0.29) is 11.5 Å². The Morgan fingerprint density at radius 2 is 2.18 bits per heavy atom. The molecule has 5 heteroatoms. The lowest BCUT2D eigenvalue weighted by atomic mass is 10.0. The molecule has 0 bridgehead atoms. The van der Waals surface area contributed by atoms with E-state index in [1.54, 1.807) is 32.0 Å². The van der Waals surface area contributed by atoms with Crippen LogP contribution in [0.5, 0.6) is 0 Å². The summed E-state index contributed by atoms with van der Waals surface area (Å²) in [5.74, 6) is -1.05. The van der Waals surface area contributed by atoms with Gasteiger partial charge in [0, 0.05) is 0 Å². The molecule has 1 aromatic carbocycles. The van der Waals surface area contributed by atoms with E-state index in [9.17, 15) is 4.79 Å². The minimum Gasteiger partial charge on any atom is -0.480 e. The third-order valence-electron chi connectivity index (χ3n) is 2.37. The van der Waals surface area contributed by atoms with Crippen molar-refractivity contribution in [1.82, 2.24) is 0 Å². The van der Waals surface area contributed by atoms with Crippen molar-refractivity contribution in [1.29, 1.82) is 5.26 Å². The van der Waals surface area contributed by atoms with Crippen molar-refractivity contribution in [3.05, 3.63) is 28.8 Å². The maximum atomic E-state index is 11.1. The summed E-state index contributed by atoms with van der Waals surface area (Å²) in [4.78, 5) is 11.1. The predicted octanol–water partition coefficient (Wildman–Crippen LogP) is 2.73.